The van der Waals surface area contributed by atoms with E-state index in [0.717, 1.165) is 22.6 Å². The molecule has 0 aliphatic rings. The molecule has 2 aromatic heterocycles. The molecule has 0 aliphatic carbocycles. The molecular formula is C20H17N3O3. The number of H-pyrrole nitrogens is 1. The monoisotopic (exact) mass is 347 g/mol. The Morgan fingerprint density at radius 2 is 2.00 bits per heavy atom. The number of hydrogen-bond donors (Lipinski definition) is 2. The summed E-state index contributed by atoms with van der Waals surface area (Å²) >= 11 is 0. The van der Waals surface area contributed by atoms with Gasteiger partial charge in [0.15, 0.2) is 5.76 Å². The molecule has 6 nitrogen and oxygen atoms in total. The molecule has 0 saturated heterocycles. The summed E-state index contributed by atoms with van der Waals surface area (Å²) in [5.74, 6) is 2.08. The quantitative estimate of drug-likeness (QED) is 0.564. The molecular weight excluding hydrogens is 330 g/mol. The van der Waals surface area contributed by atoms with E-state index in [4.69, 9.17) is 9.15 Å². The lowest BCUT2D eigenvalue weighted by Gasteiger charge is -2.04. The van der Waals surface area contributed by atoms with E-state index in [-0.39, 0.29) is 18.3 Å². The van der Waals surface area contributed by atoms with Gasteiger partial charge in [-0.3, -0.25) is 4.79 Å². The minimum atomic E-state index is -0.313. The maximum Gasteiger partial charge on any atom is 0.291 e. The zero-order valence-electron chi connectivity index (χ0n) is 14.2. The van der Waals surface area contributed by atoms with Crippen LogP contribution < -0.4 is 10.1 Å². The second kappa shape index (κ2) is 6.76. The number of imidazole rings is 1. The van der Waals surface area contributed by atoms with Gasteiger partial charge in [0.05, 0.1) is 11.0 Å². The molecule has 0 radical (unpaired) electrons. The maximum atomic E-state index is 12.4. The number of rotatable bonds is 5. The molecule has 1 amide bonds. The van der Waals surface area contributed by atoms with Gasteiger partial charge in [-0.05, 0) is 49.4 Å². The number of carbonyl (C=O) groups is 1. The molecule has 2 aromatic carbocycles. The number of nitrogens with zero attached hydrogens (tertiary/aromatic N) is 1. The average Bonchev–Trinajstić information content (AvgIpc) is 3.26. The largest absolute Gasteiger partial charge is 0.486 e. The van der Waals surface area contributed by atoms with Gasteiger partial charge in [-0.15, -0.1) is 0 Å². The molecule has 2 heterocycles. The molecule has 130 valence electrons. The van der Waals surface area contributed by atoms with Gasteiger partial charge >= 0.3 is 0 Å². The summed E-state index contributed by atoms with van der Waals surface area (Å²) < 4.78 is 11.2. The SMILES string of the molecule is Cc1nc2ccc(NC(=O)c3ccc(COc4ccccc4)o3)cc2[nH]1. The van der Waals surface area contributed by atoms with Crippen LogP contribution in [0.1, 0.15) is 22.1 Å². The molecule has 0 aliphatic heterocycles. The molecule has 2 N–H and O–H groups in total. The number of nitrogens with one attached hydrogen (secondary N) is 2. The summed E-state index contributed by atoms with van der Waals surface area (Å²) in [5, 5.41) is 2.83. The summed E-state index contributed by atoms with van der Waals surface area (Å²) in [7, 11) is 0. The highest BCUT2D eigenvalue weighted by molar-refractivity contribution is 6.03. The van der Waals surface area contributed by atoms with E-state index in [9.17, 15) is 4.79 Å². The first-order valence-electron chi connectivity index (χ1n) is 8.22. The topological polar surface area (TPSA) is 80.2 Å². The number of hydrogen-bond acceptors (Lipinski definition) is 4. The predicted octanol–water partition coefficient (Wildman–Crippen LogP) is 4.30. The summed E-state index contributed by atoms with van der Waals surface area (Å²) in [4.78, 5) is 19.9. The Kier molecular flexibility index (Phi) is 4.15. The van der Waals surface area contributed by atoms with Crippen molar-refractivity contribution < 1.29 is 13.9 Å². The summed E-state index contributed by atoms with van der Waals surface area (Å²) in [6.07, 6.45) is 0. The van der Waals surface area contributed by atoms with E-state index in [1.54, 1.807) is 12.1 Å². The van der Waals surface area contributed by atoms with Crippen molar-refractivity contribution in [3.63, 3.8) is 0 Å². The Balaban J connectivity index is 1.42. The number of amides is 1. The Morgan fingerprint density at radius 1 is 1.15 bits per heavy atom. The van der Waals surface area contributed by atoms with Crippen LogP contribution in [0.5, 0.6) is 5.75 Å². The van der Waals surface area contributed by atoms with Gasteiger partial charge < -0.3 is 19.5 Å². The normalized spacial score (nSPS) is 10.8. The van der Waals surface area contributed by atoms with Crippen LogP contribution >= 0.6 is 0 Å². The van der Waals surface area contributed by atoms with Crippen LogP contribution in [0, 0.1) is 6.92 Å². The minimum absolute atomic E-state index is 0.234. The molecule has 0 fully saturated rings. The lowest BCUT2D eigenvalue weighted by atomic mass is 10.2. The number of aromatic amines is 1. The number of benzene rings is 2. The first kappa shape index (κ1) is 16.0. The highest BCUT2D eigenvalue weighted by Crippen LogP contribution is 2.19. The van der Waals surface area contributed by atoms with Crippen molar-refractivity contribution in [1.82, 2.24) is 9.97 Å². The molecule has 26 heavy (non-hydrogen) atoms. The molecule has 0 saturated carbocycles. The fourth-order valence-electron chi connectivity index (χ4n) is 2.66. The van der Waals surface area contributed by atoms with Gasteiger partial charge in [-0.25, -0.2) is 4.98 Å². The van der Waals surface area contributed by atoms with Gasteiger partial charge in [-0.2, -0.15) is 0 Å². The lowest BCUT2D eigenvalue weighted by Crippen LogP contribution is -2.10. The Labute approximate surface area is 149 Å². The second-order valence-corrected chi connectivity index (χ2v) is 5.88. The molecule has 4 aromatic rings. The summed E-state index contributed by atoms with van der Waals surface area (Å²) in [5.41, 5.74) is 2.40. The maximum absolute atomic E-state index is 12.4. The zero-order valence-corrected chi connectivity index (χ0v) is 14.2. The Morgan fingerprint density at radius 3 is 2.85 bits per heavy atom. The van der Waals surface area contributed by atoms with Gasteiger partial charge in [0.1, 0.15) is 23.9 Å². The van der Waals surface area contributed by atoms with Crippen LogP contribution in [0.2, 0.25) is 0 Å². The van der Waals surface area contributed by atoms with Gasteiger partial charge in [0.25, 0.3) is 5.91 Å². The van der Waals surface area contributed by atoms with Crippen molar-refractivity contribution in [2.24, 2.45) is 0 Å². The number of para-hydroxylation sites is 1. The van der Waals surface area contributed by atoms with E-state index in [1.807, 2.05) is 55.5 Å². The van der Waals surface area contributed by atoms with Crippen molar-refractivity contribution in [1.29, 1.82) is 0 Å². The van der Waals surface area contributed by atoms with Crippen LogP contribution in [0.25, 0.3) is 11.0 Å². The predicted molar refractivity (Wildman–Crippen MR) is 98.3 cm³/mol. The number of anilines is 1. The molecule has 0 bridgehead atoms. The number of fused-ring (bicyclic) bond motifs is 1. The van der Waals surface area contributed by atoms with E-state index >= 15 is 0 Å². The molecule has 0 unspecified atom stereocenters. The zero-order chi connectivity index (χ0) is 17.9. The van der Waals surface area contributed by atoms with Crippen molar-refractivity contribution in [3.8, 4) is 5.75 Å². The molecule has 6 heteroatoms. The summed E-state index contributed by atoms with van der Waals surface area (Å²) in [6.45, 7) is 2.15. The van der Waals surface area contributed by atoms with Gasteiger partial charge in [-0.1, -0.05) is 18.2 Å². The highest BCUT2D eigenvalue weighted by Gasteiger charge is 2.12. The van der Waals surface area contributed by atoms with Crippen LogP contribution in [0.3, 0.4) is 0 Å². The first-order chi connectivity index (χ1) is 12.7. The fourth-order valence-corrected chi connectivity index (χ4v) is 2.66. The third kappa shape index (κ3) is 3.44. The smallest absolute Gasteiger partial charge is 0.291 e. The number of carbonyl (C=O) groups excluding carboxylic acids is 1. The van der Waals surface area contributed by atoms with Crippen LogP contribution in [0.4, 0.5) is 5.69 Å². The van der Waals surface area contributed by atoms with Crippen LogP contribution in [-0.2, 0) is 6.61 Å². The second-order valence-electron chi connectivity index (χ2n) is 5.88. The molecule has 0 spiro atoms. The van der Waals surface area contributed by atoms with Crippen molar-refractivity contribution >= 4 is 22.6 Å². The molecule has 0 atom stereocenters. The van der Waals surface area contributed by atoms with E-state index in [0.29, 0.717) is 11.4 Å². The summed E-state index contributed by atoms with van der Waals surface area (Å²) in [6, 6.07) is 18.3. The number of furan rings is 1. The number of aromatic nitrogens is 2. The minimum Gasteiger partial charge on any atom is -0.486 e. The Hall–Kier alpha value is -3.54. The third-order valence-corrected chi connectivity index (χ3v) is 3.87. The van der Waals surface area contributed by atoms with Crippen molar-refractivity contribution in [2.45, 2.75) is 13.5 Å². The third-order valence-electron chi connectivity index (χ3n) is 3.87. The standard InChI is InChI=1S/C20H17N3O3/c1-13-21-17-9-7-14(11-18(17)22-13)23-20(24)19-10-8-16(26-19)12-25-15-5-3-2-4-6-15/h2-11H,12H2,1H3,(H,21,22)(H,23,24). The van der Waals surface area contributed by atoms with Crippen molar-refractivity contribution in [2.75, 3.05) is 5.32 Å². The molecule has 4 rings (SSSR count). The van der Waals surface area contributed by atoms with Gasteiger partial charge in [0, 0.05) is 5.69 Å². The number of aryl methyl sites for hydroxylation is 1. The van der Waals surface area contributed by atoms with Crippen LogP contribution in [0.15, 0.2) is 65.1 Å². The Bertz CT molecular complexity index is 1050. The number of ether oxygens (including phenoxy) is 1. The average molecular weight is 347 g/mol. The first-order valence-corrected chi connectivity index (χ1v) is 8.22. The lowest BCUT2D eigenvalue weighted by molar-refractivity contribution is 0.0992. The van der Waals surface area contributed by atoms with Gasteiger partial charge in [0.2, 0.25) is 0 Å². The fraction of sp³-hybridized carbons (Fsp3) is 0.100. The van der Waals surface area contributed by atoms with Crippen molar-refractivity contribution in [3.05, 3.63) is 78.0 Å². The van der Waals surface area contributed by atoms with Crippen LogP contribution in [-0.4, -0.2) is 15.9 Å². The van der Waals surface area contributed by atoms with E-state index in [2.05, 4.69) is 15.3 Å². The highest BCUT2D eigenvalue weighted by atomic mass is 16.5. The van der Waals surface area contributed by atoms with E-state index < -0.39 is 0 Å². The van der Waals surface area contributed by atoms with E-state index in [1.165, 1.54) is 0 Å².